The van der Waals surface area contributed by atoms with Crippen molar-refractivity contribution in [3.05, 3.63) is 41.8 Å². The molecule has 1 aliphatic carbocycles. The SMILES string of the molecule is COCCOCC(N)C1CCC(c2ccnc3ccc(F)cc23)CC1. The van der Waals surface area contributed by atoms with Crippen molar-refractivity contribution in [1.29, 1.82) is 0 Å². The molecule has 0 amide bonds. The van der Waals surface area contributed by atoms with Gasteiger partial charge in [-0.3, -0.25) is 4.98 Å². The molecule has 0 aliphatic heterocycles. The smallest absolute Gasteiger partial charge is 0.123 e. The van der Waals surface area contributed by atoms with Gasteiger partial charge in [-0.2, -0.15) is 0 Å². The van der Waals surface area contributed by atoms with Crippen molar-refractivity contribution in [2.24, 2.45) is 11.7 Å². The Morgan fingerprint density at radius 2 is 2.00 bits per heavy atom. The largest absolute Gasteiger partial charge is 0.382 e. The van der Waals surface area contributed by atoms with E-state index in [1.165, 1.54) is 11.6 Å². The van der Waals surface area contributed by atoms with Crippen molar-refractivity contribution in [3.63, 3.8) is 0 Å². The lowest BCUT2D eigenvalue weighted by Gasteiger charge is -2.32. The highest BCUT2D eigenvalue weighted by Crippen LogP contribution is 2.39. The van der Waals surface area contributed by atoms with Crippen LogP contribution >= 0.6 is 0 Å². The molecule has 0 spiro atoms. The van der Waals surface area contributed by atoms with E-state index in [9.17, 15) is 4.39 Å². The van der Waals surface area contributed by atoms with Crippen molar-refractivity contribution in [2.75, 3.05) is 26.9 Å². The molecule has 0 radical (unpaired) electrons. The van der Waals surface area contributed by atoms with Gasteiger partial charge in [0.25, 0.3) is 0 Å². The van der Waals surface area contributed by atoms with Gasteiger partial charge in [-0.1, -0.05) is 0 Å². The van der Waals surface area contributed by atoms with E-state index < -0.39 is 0 Å². The van der Waals surface area contributed by atoms with E-state index in [1.54, 1.807) is 19.2 Å². The summed E-state index contributed by atoms with van der Waals surface area (Å²) in [7, 11) is 1.67. The summed E-state index contributed by atoms with van der Waals surface area (Å²) in [5.41, 5.74) is 8.38. The lowest BCUT2D eigenvalue weighted by atomic mass is 9.75. The van der Waals surface area contributed by atoms with E-state index in [2.05, 4.69) is 4.98 Å². The Kier molecular flexibility index (Phi) is 6.34. The van der Waals surface area contributed by atoms with Crippen LogP contribution in [-0.4, -0.2) is 38.0 Å². The van der Waals surface area contributed by atoms with Crippen LogP contribution in [0.25, 0.3) is 10.9 Å². The predicted molar refractivity (Wildman–Crippen MR) is 97.1 cm³/mol. The molecule has 1 unspecified atom stereocenters. The van der Waals surface area contributed by atoms with Crippen molar-refractivity contribution >= 4 is 10.9 Å². The molecule has 4 nitrogen and oxygen atoms in total. The number of fused-ring (bicyclic) bond motifs is 1. The van der Waals surface area contributed by atoms with Crippen LogP contribution in [0.3, 0.4) is 0 Å². The molecule has 1 heterocycles. The lowest BCUT2D eigenvalue weighted by Crippen LogP contribution is -2.37. The van der Waals surface area contributed by atoms with Crippen molar-refractivity contribution < 1.29 is 13.9 Å². The summed E-state index contributed by atoms with van der Waals surface area (Å²) >= 11 is 0. The second-order valence-electron chi connectivity index (χ2n) is 6.90. The van der Waals surface area contributed by atoms with Crippen LogP contribution in [0.2, 0.25) is 0 Å². The van der Waals surface area contributed by atoms with Crippen LogP contribution in [0, 0.1) is 11.7 Å². The summed E-state index contributed by atoms with van der Waals surface area (Å²) in [6.07, 6.45) is 6.15. The minimum Gasteiger partial charge on any atom is -0.382 e. The third-order valence-corrected chi connectivity index (χ3v) is 5.30. The summed E-state index contributed by atoms with van der Waals surface area (Å²) < 4.78 is 24.2. The van der Waals surface area contributed by atoms with Gasteiger partial charge in [-0.25, -0.2) is 4.39 Å². The monoisotopic (exact) mass is 346 g/mol. The minimum atomic E-state index is -0.203. The highest BCUT2D eigenvalue weighted by molar-refractivity contribution is 5.82. The van der Waals surface area contributed by atoms with Crippen molar-refractivity contribution in [1.82, 2.24) is 4.98 Å². The summed E-state index contributed by atoms with van der Waals surface area (Å²) in [6, 6.07) is 6.95. The van der Waals surface area contributed by atoms with Crippen LogP contribution in [0.5, 0.6) is 0 Å². The normalized spacial score (nSPS) is 22.2. The number of aromatic nitrogens is 1. The number of rotatable bonds is 7. The molecule has 2 aromatic rings. The number of hydrogen-bond donors (Lipinski definition) is 1. The minimum absolute atomic E-state index is 0.0736. The molecule has 2 N–H and O–H groups in total. The molecule has 25 heavy (non-hydrogen) atoms. The molecule has 1 atom stereocenters. The molecule has 1 aromatic carbocycles. The van der Waals surface area contributed by atoms with Gasteiger partial charge in [0.05, 0.1) is 25.3 Å². The predicted octanol–water partition coefficient (Wildman–Crippen LogP) is 3.64. The molecule has 1 aromatic heterocycles. The maximum Gasteiger partial charge on any atom is 0.123 e. The Morgan fingerprint density at radius 1 is 1.20 bits per heavy atom. The van der Waals surface area contributed by atoms with Gasteiger partial charge in [0, 0.05) is 24.7 Å². The van der Waals surface area contributed by atoms with Crippen LogP contribution in [-0.2, 0) is 9.47 Å². The number of ether oxygens (including phenoxy) is 2. The van der Waals surface area contributed by atoms with Gasteiger partial charge in [0.2, 0.25) is 0 Å². The van der Waals surface area contributed by atoms with Crippen molar-refractivity contribution in [3.8, 4) is 0 Å². The molecule has 0 bridgehead atoms. The fourth-order valence-electron chi connectivity index (χ4n) is 3.85. The van der Waals surface area contributed by atoms with Gasteiger partial charge in [0.15, 0.2) is 0 Å². The van der Waals surface area contributed by atoms with Crippen LogP contribution in [0.1, 0.15) is 37.2 Å². The summed E-state index contributed by atoms with van der Waals surface area (Å²) in [6.45, 7) is 1.78. The molecule has 1 saturated carbocycles. The Morgan fingerprint density at radius 3 is 2.76 bits per heavy atom. The van der Waals surface area contributed by atoms with Gasteiger partial charge in [-0.05, 0) is 67.3 Å². The number of nitrogens with two attached hydrogens (primary N) is 1. The molecule has 3 rings (SSSR count). The van der Waals surface area contributed by atoms with E-state index in [0.29, 0.717) is 31.7 Å². The van der Waals surface area contributed by atoms with Crippen LogP contribution in [0.15, 0.2) is 30.5 Å². The Balaban J connectivity index is 1.60. The van der Waals surface area contributed by atoms with E-state index in [4.69, 9.17) is 15.2 Å². The molecular weight excluding hydrogens is 319 g/mol. The molecule has 1 fully saturated rings. The molecule has 136 valence electrons. The van der Waals surface area contributed by atoms with E-state index in [1.807, 2.05) is 12.3 Å². The highest BCUT2D eigenvalue weighted by atomic mass is 19.1. The average Bonchev–Trinajstić information content (AvgIpc) is 2.64. The van der Waals surface area contributed by atoms with Crippen molar-refractivity contribution in [2.45, 2.75) is 37.6 Å². The maximum absolute atomic E-state index is 13.7. The van der Waals surface area contributed by atoms with Gasteiger partial charge in [-0.15, -0.1) is 0 Å². The number of benzene rings is 1. The Hall–Kier alpha value is -1.56. The van der Waals surface area contributed by atoms with E-state index in [0.717, 1.165) is 36.6 Å². The summed E-state index contributed by atoms with van der Waals surface area (Å²) in [4.78, 5) is 4.36. The molecular formula is C20H27FN2O2. The van der Waals surface area contributed by atoms with E-state index >= 15 is 0 Å². The topological polar surface area (TPSA) is 57.4 Å². The first-order chi connectivity index (χ1) is 12.2. The number of pyridine rings is 1. The first kappa shape index (κ1) is 18.2. The second-order valence-corrected chi connectivity index (χ2v) is 6.90. The fraction of sp³-hybridized carbons (Fsp3) is 0.550. The fourth-order valence-corrected chi connectivity index (χ4v) is 3.85. The number of nitrogens with zero attached hydrogens (tertiary/aromatic N) is 1. The van der Waals surface area contributed by atoms with Gasteiger partial charge >= 0.3 is 0 Å². The van der Waals surface area contributed by atoms with Gasteiger partial charge in [0.1, 0.15) is 5.82 Å². The summed E-state index contributed by atoms with van der Waals surface area (Å²) in [5.74, 6) is 0.736. The third-order valence-electron chi connectivity index (χ3n) is 5.30. The van der Waals surface area contributed by atoms with Crippen LogP contribution < -0.4 is 5.73 Å². The lowest BCUT2D eigenvalue weighted by molar-refractivity contribution is 0.0518. The number of methoxy groups -OCH3 is 1. The zero-order chi connectivity index (χ0) is 17.6. The second kappa shape index (κ2) is 8.70. The summed E-state index contributed by atoms with van der Waals surface area (Å²) in [5, 5.41) is 0.943. The first-order valence-electron chi connectivity index (χ1n) is 9.05. The number of hydrogen-bond acceptors (Lipinski definition) is 4. The third kappa shape index (κ3) is 4.54. The molecule has 1 aliphatic rings. The average molecular weight is 346 g/mol. The van der Waals surface area contributed by atoms with E-state index in [-0.39, 0.29) is 11.9 Å². The Labute approximate surface area is 148 Å². The molecule has 5 heteroatoms. The quantitative estimate of drug-likeness (QED) is 0.778. The first-order valence-corrected chi connectivity index (χ1v) is 9.05. The highest BCUT2D eigenvalue weighted by Gasteiger charge is 2.27. The van der Waals surface area contributed by atoms with Crippen LogP contribution in [0.4, 0.5) is 4.39 Å². The Bertz CT molecular complexity index is 686. The zero-order valence-electron chi connectivity index (χ0n) is 14.8. The maximum atomic E-state index is 13.7. The zero-order valence-corrected chi connectivity index (χ0v) is 14.8. The van der Waals surface area contributed by atoms with Gasteiger partial charge < -0.3 is 15.2 Å². The standard InChI is InChI=1S/C20H27FN2O2/c1-24-10-11-25-13-19(22)15-4-2-14(3-5-15)17-8-9-23-20-7-6-16(21)12-18(17)20/h6-9,12,14-15,19H,2-5,10-11,13,22H2,1H3. The number of halogens is 1. The molecule has 0 saturated heterocycles.